The molecule has 0 aliphatic rings. The van der Waals surface area contributed by atoms with Crippen LogP contribution in [0.3, 0.4) is 0 Å². The van der Waals surface area contributed by atoms with E-state index >= 15 is 0 Å². The summed E-state index contributed by atoms with van der Waals surface area (Å²) in [5.41, 5.74) is 12.1. The van der Waals surface area contributed by atoms with E-state index in [0.29, 0.717) is 42.2 Å². The fourth-order valence-corrected chi connectivity index (χ4v) is 2.60. The third-order valence-corrected chi connectivity index (χ3v) is 4.09. The van der Waals surface area contributed by atoms with Crippen LogP contribution in [0.25, 0.3) is 6.08 Å². The lowest BCUT2D eigenvalue weighted by Gasteiger charge is -2.11. The smallest absolute Gasteiger partial charge is 0.412 e. The number of ether oxygens (including phenoxy) is 2. The highest BCUT2D eigenvalue weighted by molar-refractivity contribution is 6.07. The molecule has 0 spiro atoms. The molecular weight excluding hydrogens is 414 g/mol. The number of amides is 3. The number of carbonyl (C=O) groups is 3. The summed E-state index contributed by atoms with van der Waals surface area (Å²) < 4.78 is 10.4. The molecular formula is C22H27N5O5. The minimum Gasteiger partial charge on any atom is -0.493 e. The number of methoxy groups -OCH3 is 1. The Morgan fingerprint density at radius 3 is 2.41 bits per heavy atom. The second-order valence-electron chi connectivity index (χ2n) is 6.43. The zero-order valence-electron chi connectivity index (χ0n) is 17.7. The van der Waals surface area contributed by atoms with Crippen LogP contribution >= 0.6 is 0 Å². The molecule has 0 fully saturated rings. The SMILES string of the molecule is COc1cc(/C=C/C(=O)Nc2ccccc2C(=O)NCCN)ccc1OC(=O)NCCN. The number of para-hydroxylation sites is 1. The molecule has 0 bridgehead atoms. The van der Waals surface area contributed by atoms with Crippen molar-refractivity contribution in [1.29, 1.82) is 0 Å². The maximum absolute atomic E-state index is 12.4. The number of hydrogen-bond acceptors (Lipinski definition) is 7. The van der Waals surface area contributed by atoms with Gasteiger partial charge in [-0.25, -0.2) is 4.79 Å². The van der Waals surface area contributed by atoms with E-state index in [0.717, 1.165) is 0 Å². The molecule has 0 radical (unpaired) electrons. The summed E-state index contributed by atoms with van der Waals surface area (Å²) in [6, 6.07) is 11.5. The molecule has 0 heterocycles. The van der Waals surface area contributed by atoms with Gasteiger partial charge in [-0.05, 0) is 35.9 Å². The highest BCUT2D eigenvalue weighted by atomic mass is 16.6. The first kappa shape index (κ1) is 24.4. The zero-order valence-corrected chi connectivity index (χ0v) is 17.7. The molecule has 0 aliphatic heterocycles. The molecule has 10 nitrogen and oxygen atoms in total. The van der Waals surface area contributed by atoms with Crippen LogP contribution in [0.5, 0.6) is 11.5 Å². The molecule has 0 unspecified atom stereocenters. The van der Waals surface area contributed by atoms with Gasteiger partial charge in [-0.15, -0.1) is 0 Å². The largest absolute Gasteiger partial charge is 0.493 e. The van der Waals surface area contributed by atoms with E-state index in [9.17, 15) is 14.4 Å². The van der Waals surface area contributed by atoms with Gasteiger partial charge in [0.25, 0.3) is 5.91 Å². The molecule has 0 saturated heterocycles. The van der Waals surface area contributed by atoms with Gasteiger partial charge in [0.2, 0.25) is 5.91 Å². The van der Waals surface area contributed by atoms with Gasteiger partial charge in [0.05, 0.1) is 18.4 Å². The Hall–Kier alpha value is -3.89. The van der Waals surface area contributed by atoms with Crippen molar-refractivity contribution in [3.8, 4) is 11.5 Å². The summed E-state index contributed by atoms with van der Waals surface area (Å²) in [7, 11) is 1.44. The minimum absolute atomic E-state index is 0.223. The molecule has 2 rings (SSSR count). The first-order valence-electron chi connectivity index (χ1n) is 9.88. The van der Waals surface area contributed by atoms with Gasteiger partial charge in [-0.1, -0.05) is 18.2 Å². The number of hydrogen-bond donors (Lipinski definition) is 5. The normalized spacial score (nSPS) is 10.5. The molecule has 10 heteroatoms. The standard InChI is InChI=1S/C22H27N5O5/c1-31-19-14-15(6-8-18(19)32-22(30)26-13-11-24)7-9-20(28)27-17-5-3-2-4-16(17)21(29)25-12-10-23/h2-9,14H,10-13,23-24H2,1H3,(H,25,29)(H,26,30)(H,27,28)/b9-7+. The first-order valence-corrected chi connectivity index (χ1v) is 9.88. The topological polar surface area (TPSA) is 158 Å². The lowest BCUT2D eigenvalue weighted by molar-refractivity contribution is -0.111. The Morgan fingerprint density at radius 2 is 1.69 bits per heavy atom. The van der Waals surface area contributed by atoms with Crippen LogP contribution < -0.4 is 36.9 Å². The maximum atomic E-state index is 12.4. The number of carbonyl (C=O) groups excluding carboxylic acids is 3. The predicted molar refractivity (Wildman–Crippen MR) is 122 cm³/mol. The molecule has 0 aliphatic carbocycles. The third kappa shape index (κ3) is 7.42. The summed E-state index contributed by atoms with van der Waals surface area (Å²) in [6.45, 7) is 1.22. The molecule has 2 aromatic carbocycles. The van der Waals surface area contributed by atoms with Gasteiger partial charge in [-0.3, -0.25) is 9.59 Å². The van der Waals surface area contributed by atoms with Crippen molar-refractivity contribution in [3.05, 3.63) is 59.7 Å². The lowest BCUT2D eigenvalue weighted by atomic mass is 10.1. The lowest BCUT2D eigenvalue weighted by Crippen LogP contribution is -2.31. The molecule has 0 saturated carbocycles. The van der Waals surface area contributed by atoms with Gasteiger partial charge in [0.1, 0.15) is 0 Å². The van der Waals surface area contributed by atoms with Crippen molar-refractivity contribution in [2.75, 3.05) is 38.6 Å². The Bertz CT molecular complexity index is 977. The van der Waals surface area contributed by atoms with Gasteiger partial charge in [0, 0.05) is 32.3 Å². The van der Waals surface area contributed by atoms with Crippen molar-refractivity contribution in [1.82, 2.24) is 10.6 Å². The van der Waals surface area contributed by atoms with Crippen molar-refractivity contribution < 1.29 is 23.9 Å². The van der Waals surface area contributed by atoms with Crippen LogP contribution in [-0.4, -0.2) is 51.2 Å². The van der Waals surface area contributed by atoms with E-state index in [4.69, 9.17) is 20.9 Å². The summed E-state index contributed by atoms with van der Waals surface area (Å²) >= 11 is 0. The van der Waals surface area contributed by atoms with E-state index in [1.807, 2.05) is 0 Å². The fourth-order valence-electron chi connectivity index (χ4n) is 2.60. The second-order valence-corrected chi connectivity index (χ2v) is 6.43. The third-order valence-electron chi connectivity index (χ3n) is 4.09. The van der Waals surface area contributed by atoms with E-state index < -0.39 is 12.0 Å². The Labute approximate surface area is 185 Å². The fraction of sp³-hybridized carbons (Fsp3) is 0.227. The predicted octanol–water partition coefficient (Wildman–Crippen LogP) is 1.08. The van der Waals surface area contributed by atoms with Gasteiger partial charge in [0.15, 0.2) is 11.5 Å². The monoisotopic (exact) mass is 441 g/mol. The number of nitrogens with one attached hydrogen (secondary N) is 3. The highest BCUT2D eigenvalue weighted by Crippen LogP contribution is 2.28. The van der Waals surface area contributed by atoms with E-state index in [1.165, 1.54) is 13.2 Å². The average molecular weight is 441 g/mol. The molecule has 7 N–H and O–H groups in total. The van der Waals surface area contributed by atoms with Crippen molar-refractivity contribution in [2.45, 2.75) is 0 Å². The maximum Gasteiger partial charge on any atom is 0.412 e. The van der Waals surface area contributed by atoms with Crippen LogP contribution in [-0.2, 0) is 4.79 Å². The zero-order chi connectivity index (χ0) is 23.3. The van der Waals surface area contributed by atoms with Gasteiger partial charge < -0.3 is 36.9 Å². The number of rotatable bonds is 10. The molecule has 32 heavy (non-hydrogen) atoms. The molecule has 2 aromatic rings. The van der Waals surface area contributed by atoms with Gasteiger partial charge in [-0.2, -0.15) is 0 Å². The molecule has 170 valence electrons. The number of benzene rings is 2. The second kappa shape index (κ2) is 12.7. The quantitative estimate of drug-likeness (QED) is 0.345. The minimum atomic E-state index is -0.648. The number of nitrogens with two attached hydrogens (primary N) is 2. The highest BCUT2D eigenvalue weighted by Gasteiger charge is 2.12. The number of anilines is 1. The van der Waals surface area contributed by atoms with Crippen molar-refractivity contribution >= 4 is 29.7 Å². The van der Waals surface area contributed by atoms with Crippen LogP contribution in [0.2, 0.25) is 0 Å². The summed E-state index contributed by atoms with van der Waals surface area (Å²) in [4.78, 5) is 36.3. The van der Waals surface area contributed by atoms with E-state index in [2.05, 4.69) is 16.0 Å². The first-order chi connectivity index (χ1) is 15.5. The Kier molecular flexibility index (Phi) is 9.70. The van der Waals surface area contributed by atoms with Crippen LogP contribution in [0.4, 0.5) is 10.5 Å². The summed E-state index contributed by atoms with van der Waals surface area (Å²) in [6.07, 6.45) is 2.23. The average Bonchev–Trinajstić information content (AvgIpc) is 2.80. The van der Waals surface area contributed by atoms with Crippen molar-refractivity contribution in [3.63, 3.8) is 0 Å². The Morgan fingerprint density at radius 1 is 0.969 bits per heavy atom. The summed E-state index contributed by atoms with van der Waals surface area (Å²) in [5, 5.41) is 7.85. The van der Waals surface area contributed by atoms with E-state index in [-0.39, 0.29) is 18.2 Å². The van der Waals surface area contributed by atoms with Crippen LogP contribution in [0.1, 0.15) is 15.9 Å². The summed E-state index contributed by atoms with van der Waals surface area (Å²) in [5.74, 6) is -0.214. The van der Waals surface area contributed by atoms with Gasteiger partial charge >= 0.3 is 6.09 Å². The van der Waals surface area contributed by atoms with E-state index in [1.54, 1.807) is 48.5 Å². The van der Waals surface area contributed by atoms with Crippen LogP contribution in [0.15, 0.2) is 48.5 Å². The molecule has 0 aromatic heterocycles. The van der Waals surface area contributed by atoms with Crippen LogP contribution in [0, 0.1) is 0 Å². The Balaban J connectivity index is 2.06. The molecule has 0 atom stereocenters. The molecule has 3 amide bonds. The van der Waals surface area contributed by atoms with Crippen molar-refractivity contribution in [2.24, 2.45) is 11.5 Å².